The Kier molecular flexibility index (Phi) is 4.38. The molecule has 0 saturated carbocycles. The SMILES string of the molecule is Cc1cc(C)c(CC(O)c2cncc(Br)c2)c(C)c1. The Morgan fingerprint density at radius 1 is 1.11 bits per heavy atom. The second-order valence-electron chi connectivity index (χ2n) is 5.03. The van der Waals surface area contributed by atoms with E-state index in [0.29, 0.717) is 6.42 Å². The van der Waals surface area contributed by atoms with E-state index in [0.717, 1.165) is 10.0 Å². The van der Waals surface area contributed by atoms with Gasteiger partial charge in [0.1, 0.15) is 0 Å². The number of nitrogens with zero attached hydrogens (tertiary/aromatic N) is 1. The molecule has 0 radical (unpaired) electrons. The number of pyridine rings is 1. The maximum Gasteiger partial charge on any atom is 0.0845 e. The molecule has 1 unspecified atom stereocenters. The molecule has 1 heterocycles. The second kappa shape index (κ2) is 5.85. The van der Waals surface area contributed by atoms with Gasteiger partial charge in [-0.1, -0.05) is 17.7 Å². The summed E-state index contributed by atoms with van der Waals surface area (Å²) in [5.41, 5.74) is 5.79. The molecule has 1 N–H and O–H groups in total. The number of hydrogen-bond acceptors (Lipinski definition) is 2. The first-order chi connectivity index (χ1) is 8.97. The Hall–Kier alpha value is -1.19. The summed E-state index contributed by atoms with van der Waals surface area (Å²) in [4.78, 5) is 4.10. The average molecular weight is 320 g/mol. The molecule has 0 saturated heterocycles. The standard InChI is InChI=1S/C16H18BrNO/c1-10-4-11(2)15(12(3)5-10)7-16(19)13-6-14(17)9-18-8-13/h4-6,8-9,16,19H,7H2,1-3H3. The topological polar surface area (TPSA) is 33.1 Å². The van der Waals surface area contributed by atoms with E-state index in [9.17, 15) is 5.11 Å². The molecule has 2 rings (SSSR count). The quantitative estimate of drug-likeness (QED) is 0.926. The highest BCUT2D eigenvalue weighted by Gasteiger charge is 2.13. The van der Waals surface area contributed by atoms with Crippen molar-refractivity contribution in [2.24, 2.45) is 0 Å². The predicted molar refractivity (Wildman–Crippen MR) is 81.3 cm³/mol. The zero-order chi connectivity index (χ0) is 14.0. The van der Waals surface area contributed by atoms with E-state index in [1.165, 1.54) is 22.3 Å². The third kappa shape index (κ3) is 3.43. The Morgan fingerprint density at radius 2 is 1.74 bits per heavy atom. The van der Waals surface area contributed by atoms with Crippen molar-refractivity contribution in [3.63, 3.8) is 0 Å². The van der Waals surface area contributed by atoms with Crippen LogP contribution in [0.15, 0.2) is 35.1 Å². The molecule has 0 fully saturated rings. The molecule has 1 aromatic carbocycles. The molecule has 0 bridgehead atoms. The van der Waals surface area contributed by atoms with Crippen molar-refractivity contribution in [2.75, 3.05) is 0 Å². The number of aryl methyl sites for hydroxylation is 3. The van der Waals surface area contributed by atoms with Crippen LogP contribution in [0, 0.1) is 20.8 Å². The first kappa shape index (κ1) is 14.2. The first-order valence-corrected chi connectivity index (χ1v) is 7.12. The number of hydrogen-bond donors (Lipinski definition) is 1. The van der Waals surface area contributed by atoms with Crippen molar-refractivity contribution < 1.29 is 5.11 Å². The van der Waals surface area contributed by atoms with Crippen molar-refractivity contribution in [2.45, 2.75) is 33.3 Å². The highest BCUT2D eigenvalue weighted by molar-refractivity contribution is 9.10. The third-order valence-electron chi connectivity index (χ3n) is 3.35. The Bertz CT molecular complexity index is 572. The molecule has 1 aromatic heterocycles. The van der Waals surface area contributed by atoms with Crippen LogP contribution in [0.3, 0.4) is 0 Å². The van der Waals surface area contributed by atoms with Gasteiger partial charge in [-0.3, -0.25) is 4.98 Å². The zero-order valence-electron chi connectivity index (χ0n) is 11.4. The van der Waals surface area contributed by atoms with Gasteiger partial charge < -0.3 is 5.11 Å². The first-order valence-electron chi connectivity index (χ1n) is 6.32. The second-order valence-corrected chi connectivity index (χ2v) is 5.95. The van der Waals surface area contributed by atoms with Crippen LogP contribution >= 0.6 is 15.9 Å². The summed E-state index contributed by atoms with van der Waals surface area (Å²) < 4.78 is 0.890. The molecule has 19 heavy (non-hydrogen) atoms. The monoisotopic (exact) mass is 319 g/mol. The molecule has 2 aromatic rings. The third-order valence-corrected chi connectivity index (χ3v) is 3.78. The summed E-state index contributed by atoms with van der Waals surface area (Å²) in [6.45, 7) is 6.29. The van der Waals surface area contributed by atoms with E-state index in [1.807, 2.05) is 6.07 Å². The molecule has 0 spiro atoms. The Balaban J connectivity index is 2.26. The van der Waals surface area contributed by atoms with Crippen LogP contribution in [0.2, 0.25) is 0 Å². The van der Waals surface area contributed by atoms with Gasteiger partial charge >= 0.3 is 0 Å². The van der Waals surface area contributed by atoms with Gasteiger partial charge in [0.15, 0.2) is 0 Å². The number of aromatic nitrogens is 1. The van der Waals surface area contributed by atoms with Crippen LogP contribution in [0.4, 0.5) is 0 Å². The average Bonchev–Trinajstić information content (AvgIpc) is 2.33. The van der Waals surface area contributed by atoms with Gasteiger partial charge in [-0.05, 0) is 59.5 Å². The van der Waals surface area contributed by atoms with Crippen LogP contribution in [0.25, 0.3) is 0 Å². The zero-order valence-corrected chi connectivity index (χ0v) is 13.0. The number of aliphatic hydroxyl groups is 1. The number of benzene rings is 1. The molecule has 2 nitrogen and oxygen atoms in total. The Labute approximate surface area is 122 Å². The van der Waals surface area contributed by atoms with Gasteiger partial charge in [-0.25, -0.2) is 0 Å². The van der Waals surface area contributed by atoms with Crippen molar-refractivity contribution in [3.05, 3.63) is 62.9 Å². The fourth-order valence-electron chi connectivity index (χ4n) is 2.45. The fourth-order valence-corrected chi connectivity index (χ4v) is 2.84. The van der Waals surface area contributed by atoms with Gasteiger partial charge in [-0.2, -0.15) is 0 Å². The van der Waals surface area contributed by atoms with E-state index >= 15 is 0 Å². The summed E-state index contributed by atoms with van der Waals surface area (Å²) in [5.74, 6) is 0. The minimum absolute atomic E-state index is 0.523. The van der Waals surface area contributed by atoms with Gasteiger partial charge in [0.05, 0.1) is 6.10 Å². The molecule has 0 aliphatic heterocycles. The van der Waals surface area contributed by atoms with Crippen LogP contribution < -0.4 is 0 Å². The lowest BCUT2D eigenvalue weighted by molar-refractivity contribution is 0.177. The highest BCUT2D eigenvalue weighted by atomic mass is 79.9. The van der Waals surface area contributed by atoms with E-state index < -0.39 is 6.10 Å². The largest absolute Gasteiger partial charge is 0.388 e. The van der Waals surface area contributed by atoms with Crippen molar-refractivity contribution in [3.8, 4) is 0 Å². The normalized spacial score (nSPS) is 12.5. The van der Waals surface area contributed by atoms with Crippen molar-refractivity contribution in [1.29, 1.82) is 0 Å². The number of halogens is 1. The lowest BCUT2D eigenvalue weighted by Crippen LogP contribution is -2.05. The van der Waals surface area contributed by atoms with Crippen molar-refractivity contribution >= 4 is 15.9 Å². The van der Waals surface area contributed by atoms with E-state index in [1.54, 1.807) is 12.4 Å². The maximum absolute atomic E-state index is 10.4. The van der Waals surface area contributed by atoms with Crippen LogP contribution in [-0.4, -0.2) is 10.1 Å². The molecule has 0 aliphatic carbocycles. The molecule has 0 aliphatic rings. The smallest absolute Gasteiger partial charge is 0.0845 e. The lowest BCUT2D eigenvalue weighted by atomic mass is 9.93. The van der Waals surface area contributed by atoms with Crippen LogP contribution in [0.5, 0.6) is 0 Å². The van der Waals surface area contributed by atoms with E-state index in [2.05, 4.69) is 53.8 Å². The predicted octanol–water partition coefficient (Wildman–Crippen LogP) is 4.05. The van der Waals surface area contributed by atoms with Gasteiger partial charge in [0.25, 0.3) is 0 Å². The van der Waals surface area contributed by atoms with Gasteiger partial charge in [-0.15, -0.1) is 0 Å². The number of aliphatic hydroxyl groups excluding tert-OH is 1. The highest BCUT2D eigenvalue weighted by Crippen LogP contribution is 2.25. The maximum atomic E-state index is 10.4. The van der Waals surface area contributed by atoms with Gasteiger partial charge in [0.2, 0.25) is 0 Å². The van der Waals surface area contributed by atoms with E-state index in [4.69, 9.17) is 0 Å². The Morgan fingerprint density at radius 3 is 2.32 bits per heavy atom. The lowest BCUT2D eigenvalue weighted by Gasteiger charge is -2.16. The molecular weight excluding hydrogens is 302 g/mol. The summed E-state index contributed by atoms with van der Waals surface area (Å²) in [6.07, 6.45) is 3.54. The van der Waals surface area contributed by atoms with E-state index in [-0.39, 0.29) is 0 Å². The number of rotatable bonds is 3. The molecule has 3 heteroatoms. The van der Waals surface area contributed by atoms with Crippen LogP contribution in [-0.2, 0) is 6.42 Å². The van der Waals surface area contributed by atoms with Gasteiger partial charge in [0, 0.05) is 28.9 Å². The van der Waals surface area contributed by atoms with Crippen molar-refractivity contribution in [1.82, 2.24) is 4.98 Å². The summed E-state index contributed by atoms with van der Waals surface area (Å²) in [7, 11) is 0. The van der Waals surface area contributed by atoms with Crippen LogP contribution in [0.1, 0.15) is 33.9 Å². The molecular formula is C16H18BrNO. The molecule has 100 valence electrons. The summed E-state index contributed by atoms with van der Waals surface area (Å²) in [6, 6.07) is 6.24. The summed E-state index contributed by atoms with van der Waals surface area (Å²) in [5, 5.41) is 10.4. The molecule has 0 amide bonds. The fraction of sp³-hybridized carbons (Fsp3) is 0.312. The molecule has 1 atom stereocenters. The minimum Gasteiger partial charge on any atom is -0.388 e. The summed E-state index contributed by atoms with van der Waals surface area (Å²) >= 11 is 3.38. The minimum atomic E-state index is -0.523.